The maximum absolute atomic E-state index is 5.39. The Labute approximate surface area is 305 Å². The molecule has 0 N–H and O–H groups in total. The quantitative estimate of drug-likeness (QED) is 0.184. The topological polar surface area (TPSA) is 48.5 Å². The predicted octanol–water partition coefficient (Wildman–Crippen LogP) is 12.2. The van der Waals surface area contributed by atoms with Gasteiger partial charge < -0.3 is 0 Å². The van der Waals surface area contributed by atoms with Crippen LogP contribution in [0.25, 0.3) is 98.2 Å². The van der Waals surface area contributed by atoms with Gasteiger partial charge in [0.15, 0.2) is 11.6 Å². The highest BCUT2D eigenvalue weighted by molar-refractivity contribution is 7.99. The van der Waals surface area contributed by atoms with E-state index in [-0.39, 0.29) is 0 Å². The summed E-state index contributed by atoms with van der Waals surface area (Å²) in [4.78, 5) is 18.5. The highest BCUT2D eigenvalue weighted by Gasteiger charge is 2.29. The number of nitrogens with zero attached hydrogens (tertiary/aromatic N) is 5. The lowest BCUT2D eigenvalue weighted by Gasteiger charge is -2.20. The van der Waals surface area contributed by atoms with Crippen molar-refractivity contribution in [1.82, 2.24) is 24.1 Å². The Morgan fingerprint density at radius 2 is 1.19 bits per heavy atom. The van der Waals surface area contributed by atoms with Crippen LogP contribution in [0.5, 0.6) is 0 Å². The summed E-state index contributed by atoms with van der Waals surface area (Å²) in [6, 6.07) is 54.0. The van der Waals surface area contributed by atoms with Gasteiger partial charge >= 0.3 is 0 Å². The summed E-state index contributed by atoms with van der Waals surface area (Å²) in [5.74, 6) is 1.87. The maximum atomic E-state index is 5.39. The van der Waals surface area contributed by atoms with Crippen LogP contribution in [0.3, 0.4) is 0 Å². The Balaban J connectivity index is 1.22. The van der Waals surface area contributed by atoms with Crippen LogP contribution in [0.2, 0.25) is 0 Å². The number of benzene rings is 7. The third-order valence-electron chi connectivity index (χ3n) is 10.4. The molecule has 0 spiro atoms. The van der Waals surface area contributed by atoms with Crippen molar-refractivity contribution in [2.24, 2.45) is 0 Å². The minimum atomic E-state index is 0.589. The molecule has 0 saturated heterocycles. The first kappa shape index (κ1) is 28.4. The first-order chi connectivity index (χ1) is 25.8. The molecule has 52 heavy (non-hydrogen) atoms. The molecule has 0 fully saturated rings. The molecule has 242 valence electrons. The number of thiophene rings is 1. The second-order valence-electron chi connectivity index (χ2n) is 13.2. The second kappa shape index (κ2) is 10.6. The minimum Gasteiger partial charge on any atom is -0.293 e. The summed E-state index contributed by atoms with van der Waals surface area (Å²) in [5.41, 5.74) is 6.42. The fraction of sp³-hybridized carbons (Fsp3) is 0. The first-order valence-corrected chi connectivity index (χ1v) is 18.9. The van der Waals surface area contributed by atoms with E-state index >= 15 is 0 Å². The van der Waals surface area contributed by atoms with E-state index in [9.17, 15) is 0 Å². The van der Waals surface area contributed by atoms with Gasteiger partial charge in [-0.05, 0) is 59.3 Å². The molecule has 0 atom stereocenters. The van der Waals surface area contributed by atoms with Crippen molar-refractivity contribution in [3.05, 3.63) is 152 Å². The molecule has 0 radical (unpaired) electrons. The van der Waals surface area contributed by atoms with Crippen LogP contribution in [0, 0.1) is 0 Å². The van der Waals surface area contributed by atoms with E-state index in [1.807, 2.05) is 23.1 Å². The summed E-state index contributed by atoms with van der Waals surface area (Å²) in [6.07, 6.45) is 0. The van der Waals surface area contributed by atoms with E-state index in [1.165, 1.54) is 51.6 Å². The van der Waals surface area contributed by atoms with Crippen molar-refractivity contribution in [1.29, 1.82) is 0 Å². The lowest BCUT2D eigenvalue weighted by Crippen LogP contribution is -2.10. The van der Waals surface area contributed by atoms with Crippen molar-refractivity contribution in [2.45, 2.75) is 9.79 Å². The van der Waals surface area contributed by atoms with Crippen LogP contribution >= 0.6 is 23.1 Å². The fourth-order valence-electron chi connectivity index (χ4n) is 8.13. The van der Waals surface area contributed by atoms with Crippen molar-refractivity contribution >= 4 is 86.9 Å². The average molecular weight is 700 g/mol. The molecule has 5 heterocycles. The molecule has 7 heteroatoms. The van der Waals surface area contributed by atoms with Gasteiger partial charge in [-0.15, -0.1) is 11.3 Å². The van der Waals surface area contributed by atoms with Crippen molar-refractivity contribution in [2.75, 3.05) is 0 Å². The predicted molar refractivity (Wildman–Crippen MR) is 216 cm³/mol. The minimum absolute atomic E-state index is 0.589. The smallest absolute Gasteiger partial charge is 0.239 e. The van der Waals surface area contributed by atoms with Crippen molar-refractivity contribution in [3.63, 3.8) is 0 Å². The molecule has 4 aromatic heterocycles. The van der Waals surface area contributed by atoms with Gasteiger partial charge in [-0.1, -0.05) is 115 Å². The van der Waals surface area contributed by atoms with Gasteiger partial charge in [-0.25, -0.2) is 4.98 Å². The lowest BCUT2D eigenvalue weighted by molar-refractivity contribution is 0.927. The van der Waals surface area contributed by atoms with Crippen LogP contribution in [-0.2, 0) is 0 Å². The van der Waals surface area contributed by atoms with Gasteiger partial charge in [0, 0.05) is 57.2 Å². The van der Waals surface area contributed by atoms with Crippen molar-refractivity contribution in [3.8, 4) is 34.4 Å². The molecule has 0 amide bonds. The van der Waals surface area contributed by atoms with Crippen molar-refractivity contribution < 1.29 is 0 Å². The van der Waals surface area contributed by atoms with Gasteiger partial charge in [-0.2, -0.15) is 9.97 Å². The Hall–Kier alpha value is -6.28. The van der Waals surface area contributed by atoms with Gasteiger partial charge in [-0.3, -0.25) is 9.13 Å². The first-order valence-electron chi connectivity index (χ1n) is 17.3. The molecular weight excluding hydrogens is 675 g/mol. The molecule has 5 nitrogen and oxygen atoms in total. The Morgan fingerprint density at radius 1 is 0.481 bits per heavy atom. The lowest BCUT2D eigenvalue weighted by atomic mass is 10.0. The van der Waals surface area contributed by atoms with Gasteiger partial charge in [0.05, 0.1) is 16.7 Å². The van der Waals surface area contributed by atoms with E-state index in [1.54, 1.807) is 0 Å². The summed E-state index contributed by atoms with van der Waals surface area (Å²) >= 11 is 3.65. The third kappa shape index (κ3) is 3.92. The summed E-state index contributed by atoms with van der Waals surface area (Å²) in [7, 11) is 0. The summed E-state index contributed by atoms with van der Waals surface area (Å²) in [5, 5.41) is 8.30. The summed E-state index contributed by atoms with van der Waals surface area (Å²) in [6.45, 7) is 0. The maximum Gasteiger partial charge on any atom is 0.239 e. The number of hydrogen-bond donors (Lipinski definition) is 0. The number of fused-ring (bicyclic) bond motifs is 11. The van der Waals surface area contributed by atoms with E-state index in [0.29, 0.717) is 17.6 Å². The molecule has 7 aromatic carbocycles. The zero-order valence-corrected chi connectivity index (χ0v) is 29.1. The molecule has 0 bridgehead atoms. The zero-order valence-electron chi connectivity index (χ0n) is 27.5. The largest absolute Gasteiger partial charge is 0.293 e. The molecule has 11 aromatic rings. The molecule has 0 unspecified atom stereocenters. The highest BCUT2D eigenvalue weighted by atomic mass is 32.2. The van der Waals surface area contributed by atoms with Crippen LogP contribution in [0.15, 0.2) is 161 Å². The zero-order chi connectivity index (χ0) is 33.9. The molecule has 12 rings (SSSR count). The van der Waals surface area contributed by atoms with Gasteiger partial charge in [0.1, 0.15) is 5.65 Å². The van der Waals surface area contributed by atoms with E-state index < -0.39 is 0 Å². The average Bonchev–Trinajstić information content (AvgIpc) is 3.86. The Morgan fingerprint density at radius 3 is 2.15 bits per heavy atom. The van der Waals surface area contributed by atoms with E-state index in [4.69, 9.17) is 15.0 Å². The molecule has 0 aliphatic carbocycles. The number of aromatic nitrogens is 5. The fourth-order valence-corrected chi connectivity index (χ4v) is 10.3. The monoisotopic (exact) mass is 699 g/mol. The highest BCUT2D eigenvalue weighted by Crippen LogP contribution is 2.49. The van der Waals surface area contributed by atoms with Gasteiger partial charge in [0.2, 0.25) is 5.95 Å². The normalized spacial score (nSPS) is 12.5. The van der Waals surface area contributed by atoms with Crippen LogP contribution < -0.4 is 0 Å². The van der Waals surface area contributed by atoms with E-state index in [2.05, 4.69) is 161 Å². The standard InChI is InChI=1S/C45H25N5S2/c1-2-13-28-26(11-1)12-9-16-30(28)43-46-42(27-23-24-37-33(25-27)29-14-4-7-20-36(29)51-37)47-45(48-43)50-34-18-5-3-15-31(34)40-32-17-10-22-39-41(32)49(44(40)50)35-19-6-8-21-38(35)52-39/h1-25H. The molecule has 1 aliphatic heterocycles. The number of rotatable bonds is 3. The van der Waals surface area contributed by atoms with Crippen LogP contribution in [-0.4, -0.2) is 24.1 Å². The summed E-state index contributed by atoms with van der Waals surface area (Å²) < 4.78 is 7.21. The Kier molecular flexibility index (Phi) is 5.80. The Bertz CT molecular complexity index is 3290. The SMILES string of the molecule is c1ccc2c(c1)Sc1cccc3c4c5ccccc5n(-c5nc(-c6ccc7sc8ccccc8c7c6)nc(-c6cccc7ccccc67)n5)c4n-2c13. The number of hydrogen-bond acceptors (Lipinski definition) is 5. The van der Waals surface area contributed by atoms with E-state index in [0.717, 1.165) is 38.8 Å². The molecule has 1 aliphatic rings. The molecule has 0 saturated carbocycles. The second-order valence-corrected chi connectivity index (χ2v) is 15.4. The number of para-hydroxylation sites is 3. The van der Waals surface area contributed by atoms with Crippen LogP contribution in [0.1, 0.15) is 0 Å². The van der Waals surface area contributed by atoms with Gasteiger partial charge in [0.25, 0.3) is 0 Å². The molecular formula is C45H25N5S2. The van der Waals surface area contributed by atoms with Crippen LogP contribution in [0.4, 0.5) is 0 Å². The third-order valence-corrected chi connectivity index (χ3v) is 12.6.